The molecule has 1 atom stereocenters. The molecule has 0 radical (unpaired) electrons. The van der Waals surface area contributed by atoms with Crippen molar-refractivity contribution in [3.8, 4) is 55.6 Å². The first-order chi connectivity index (χ1) is 29.3. The first-order valence-corrected chi connectivity index (χ1v) is 21.5. The van der Waals surface area contributed by atoms with Crippen molar-refractivity contribution >= 4 is 27.8 Å². The number of fused-ring (bicyclic) bond motifs is 12. The Morgan fingerprint density at radius 3 is 1.88 bits per heavy atom. The third kappa shape index (κ3) is 4.32. The number of hydrogen-bond acceptors (Lipinski definition) is 1. The van der Waals surface area contributed by atoms with Crippen LogP contribution >= 0.6 is 0 Å². The van der Waals surface area contributed by atoms with Gasteiger partial charge in [0.05, 0.1) is 5.69 Å². The zero-order valence-electron chi connectivity index (χ0n) is 34.3. The van der Waals surface area contributed by atoms with Crippen LogP contribution in [-0.4, -0.2) is 0 Å². The Hall–Kier alpha value is -6.96. The summed E-state index contributed by atoms with van der Waals surface area (Å²) in [5.41, 5.74) is 26.5. The molecule has 9 aromatic rings. The SMILES string of the molecule is CC1(C)c2cc(-c3cccc4c3-c3ccc5cccc6c5c3C4c3ccccc3-6)ccc2-c2ccc(N(c3ccccc3)c3cccc4c3-c3ccccc3C4(C)C)cc21. The van der Waals surface area contributed by atoms with Gasteiger partial charge in [-0.05, 0) is 136 Å². The molecule has 0 aliphatic heterocycles. The molecule has 4 aliphatic carbocycles. The molecule has 0 amide bonds. The van der Waals surface area contributed by atoms with Crippen molar-refractivity contribution in [3.05, 3.63) is 221 Å². The second-order valence-electron chi connectivity index (χ2n) is 18.4. The number of hydrogen-bond donors (Lipinski definition) is 0. The summed E-state index contributed by atoms with van der Waals surface area (Å²) in [7, 11) is 0. The maximum Gasteiger partial charge on any atom is 0.0543 e. The predicted octanol–water partition coefficient (Wildman–Crippen LogP) is 15.7. The Kier molecular flexibility index (Phi) is 6.70. The topological polar surface area (TPSA) is 3.24 Å². The van der Waals surface area contributed by atoms with Crippen molar-refractivity contribution in [3.63, 3.8) is 0 Å². The molecule has 1 unspecified atom stereocenters. The van der Waals surface area contributed by atoms with Crippen molar-refractivity contribution in [2.24, 2.45) is 0 Å². The molecule has 9 aromatic carbocycles. The summed E-state index contributed by atoms with van der Waals surface area (Å²) in [6.07, 6.45) is 0. The molecule has 0 fully saturated rings. The summed E-state index contributed by atoms with van der Waals surface area (Å²) in [4.78, 5) is 2.49. The summed E-state index contributed by atoms with van der Waals surface area (Å²) in [5.74, 6) is 0.233. The van der Waals surface area contributed by atoms with Gasteiger partial charge in [-0.1, -0.05) is 173 Å². The van der Waals surface area contributed by atoms with Crippen LogP contribution in [0.25, 0.3) is 66.4 Å². The summed E-state index contributed by atoms with van der Waals surface area (Å²) >= 11 is 0. The van der Waals surface area contributed by atoms with Crippen LogP contribution in [0.4, 0.5) is 17.1 Å². The molecule has 0 saturated carbocycles. The maximum atomic E-state index is 2.51. The summed E-state index contributed by atoms with van der Waals surface area (Å²) in [5, 5.41) is 2.74. The first kappa shape index (κ1) is 34.0. The lowest BCUT2D eigenvalue weighted by molar-refractivity contribution is 0.660. The Balaban J connectivity index is 0.955. The van der Waals surface area contributed by atoms with E-state index in [0.717, 1.165) is 5.69 Å². The van der Waals surface area contributed by atoms with Gasteiger partial charge in [-0.25, -0.2) is 0 Å². The normalized spacial score (nSPS) is 16.1. The zero-order valence-corrected chi connectivity index (χ0v) is 34.3. The molecule has 0 heterocycles. The molecule has 0 N–H and O–H groups in total. The predicted molar refractivity (Wildman–Crippen MR) is 251 cm³/mol. The highest BCUT2D eigenvalue weighted by Crippen LogP contribution is 2.60. The highest BCUT2D eigenvalue weighted by Gasteiger charge is 2.41. The second-order valence-corrected chi connectivity index (χ2v) is 18.4. The molecule has 0 aromatic heterocycles. The van der Waals surface area contributed by atoms with Gasteiger partial charge in [0.1, 0.15) is 0 Å². The van der Waals surface area contributed by atoms with Crippen LogP contribution in [0.2, 0.25) is 0 Å². The van der Waals surface area contributed by atoms with E-state index in [1.807, 2.05) is 0 Å². The lowest BCUT2D eigenvalue weighted by Crippen LogP contribution is -2.17. The molecular formula is C59H43N. The van der Waals surface area contributed by atoms with Gasteiger partial charge >= 0.3 is 0 Å². The number of benzene rings is 9. The van der Waals surface area contributed by atoms with E-state index in [1.165, 1.54) is 117 Å². The Labute approximate surface area is 352 Å². The van der Waals surface area contributed by atoms with E-state index in [4.69, 9.17) is 0 Å². The van der Waals surface area contributed by atoms with Crippen LogP contribution < -0.4 is 4.90 Å². The number of anilines is 3. The van der Waals surface area contributed by atoms with Crippen molar-refractivity contribution in [2.75, 3.05) is 4.90 Å². The molecule has 0 spiro atoms. The monoisotopic (exact) mass is 765 g/mol. The van der Waals surface area contributed by atoms with E-state index in [0.29, 0.717) is 0 Å². The van der Waals surface area contributed by atoms with Gasteiger partial charge in [-0.3, -0.25) is 0 Å². The van der Waals surface area contributed by atoms with E-state index in [9.17, 15) is 0 Å². The van der Waals surface area contributed by atoms with Gasteiger partial charge in [-0.2, -0.15) is 0 Å². The molecule has 1 heteroatoms. The largest absolute Gasteiger partial charge is 0.310 e. The Bertz CT molecular complexity index is 3330. The van der Waals surface area contributed by atoms with Gasteiger partial charge in [0.25, 0.3) is 0 Å². The van der Waals surface area contributed by atoms with Gasteiger partial charge in [0.2, 0.25) is 0 Å². The minimum atomic E-state index is -0.211. The van der Waals surface area contributed by atoms with Crippen LogP contribution in [0.5, 0.6) is 0 Å². The van der Waals surface area contributed by atoms with Crippen LogP contribution in [-0.2, 0) is 10.8 Å². The Morgan fingerprint density at radius 2 is 1.02 bits per heavy atom. The average molecular weight is 766 g/mol. The van der Waals surface area contributed by atoms with E-state index in [1.54, 1.807) is 0 Å². The lowest BCUT2D eigenvalue weighted by atomic mass is 9.76. The molecule has 0 bridgehead atoms. The summed E-state index contributed by atoms with van der Waals surface area (Å²) in [6.45, 7) is 9.58. The highest BCUT2D eigenvalue weighted by atomic mass is 15.1. The minimum Gasteiger partial charge on any atom is -0.310 e. The fraction of sp³-hybridized carbons (Fsp3) is 0.119. The van der Waals surface area contributed by atoms with E-state index in [2.05, 4.69) is 215 Å². The molecule has 4 aliphatic rings. The molecule has 0 saturated heterocycles. The van der Waals surface area contributed by atoms with Crippen molar-refractivity contribution < 1.29 is 0 Å². The van der Waals surface area contributed by atoms with Crippen LogP contribution in [0.3, 0.4) is 0 Å². The highest BCUT2D eigenvalue weighted by molar-refractivity contribution is 6.10. The fourth-order valence-corrected chi connectivity index (χ4v) is 11.9. The second kappa shape index (κ2) is 11.8. The van der Waals surface area contributed by atoms with Gasteiger partial charge in [0, 0.05) is 33.7 Å². The smallest absolute Gasteiger partial charge is 0.0543 e. The third-order valence-corrected chi connectivity index (χ3v) is 14.7. The lowest BCUT2D eigenvalue weighted by Gasteiger charge is -2.30. The Morgan fingerprint density at radius 1 is 0.383 bits per heavy atom. The maximum absolute atomic E-state index is 2.51. The van der Waals surface area contributed by atoms with Crippen molar-refractivity contribution in [2.45, 2.75) is 44.4 Å². The summed E-state index contributed by atoms with van der Waals surface area (Å²) in [6, 6.07) is 68.9. The molecular weight excluding hydrogens is 723 g/mol. The minimum absolute atomic E-state index is 0.0805. The van der Waals surface area contributed by atoms with E-state index >= 15 is 0 Å². The third-order valence-electron chi connectivity index (χ3n) is 14.7. The molecule has 284 valence electrons. The van der Waals surface area contributed by atoms with Crippen LogP contribution in [0.1, 0.15) is 72.6 Å². The van der Waals surface area contributed by atoms with Crippen LogP contribution in [0, 0.1) is 0 Å². The molecule has 1 nitrogen and oxygen atoms in total. The molecule has 60 heavy (non-hydrogen) atoms. The standard InChI is InChI=1S/C59H43N/c1-58(2)48-24-11-10-20-45(48)56-49(58)25-14-26-52(56)60(37-16-6-5-7-17-37)38-29-32-42-41-30-28-36(33-50(41)59(3,4)51(42)34-38)39-21-13-23-46-54(39)47-31-27-35-15-12-22-43-40-18-8-9-19-44(40)55(46)57(47)53(35)43/h5-34,55H,1-4H3. The van der Waals surface area contributed by atoms with Crippen molar-refractivity contribution in [1.29, 1.82) is 0 Å². The van der Waals surface area contributed by atoms with E-state index < -0.39 is 0 Å². The van der Waals surface area contributed by atoms with Crippen LogP contribution in [0.15, 0.2) is 182 Å². The number of rotatable bonds is 4. The van der Waals surface area contributed by atoms with Gasteiger partial charge in [-0.15, -0.1) is 0 Å². The average Bonchev–Trinajstić information content (AvgIpc) is 3.84. The number of para-hydroxylation sites is 1. The van der Waals surface area contributed by atoms with Gasteiger partial charge < -0.3 is 4.90 Å². The fourth-order valence-electron chi connectivity index (χ4n) is 11.9. The molecule has 13 rings (SSSR count). The van der Waals surface area contributed by atoms with Crippen molar-refractivity contribution in [1.82, 2.24) is 0 Å². The number of nitrogens with zero attached hydrogens (tertiary/aromatic N) is 1. The zero-order chi connectivity index (χ0) is 40.1. The summed E-state index contributed by atoms with van der Waals surface area (Å²) < 4.78 is 0. The van der Waals surface area contributed by atoms with Gasteiger partial charge in [0.15, 0.2) is 0 Å². The van der Waals surface area contributed by atoms with E-state index in [-0.39, 0.29) is 16.7 Å². The quantitative estimate of drug-likeness (QED) is 0.172. The first-order valence-electron chi connectivity index (χ1n) is 21.5.